The summed E-state index contributed by atoms with van der Waals surface area (Å²) in [5.74, 6) is 0.908. The lowest BCUT2D eigenvalue weighted by Gasteiger charge is -2.24. The van der Waals surface area contributed by atoms with Gasteiger partial charge in [-0.15, -0.1) is 11.8 Å². The van der Waals surface area contributed by atoms with Crippen molar-refractivity contribution in [3.05, 3.63) is 53.3 Å². The second-order valence-corrected chi connectivity index (χ2v) is 6.20. The van der Waals surface area contributed by atoms with E-state index in [-0.39, 0.29) is 11.9 Å². The van der Waals surface area contributed by atoms with E-state index in [1.54, 1.807) is 36.3 Å². The number of hydrogen-bond acceptors (Lipinski definition) is 4. The van der Waals surface area contributed by atoms with Gasteiger partial charge in [0.25, 0.3) is 5.91 Å². The van der Waals surface area contributed by atoms with Crippen LogP contribution >= 0.6 is 11.8 Å². The zero-order valence-electron chi connectivity index (χ0n) is 11.8. The van der Waals surface area contributed by atoms with Gasteiger partial charge >= 0.3 is 0 Å². The van der Waals surface area contributed by atoms with Crippen LogP contribution in [0.4, 0.5) is 5.69 Å². The highest BCUT2D eigenvalue weighted by atomic mass is 32.2. The number of aromatic nitrogens is 1. The van der Waals surface area contributed by atoms with Crippen LogP contribution in [0.15, 0.2) is 41.6 Å². The molecule has 2 heterocycles. The molecule has 0 saturated carbocycles. The molecule has 1 aromatic carbocycles. The first-order chi connectivity index (χ1) is 10.2. The van der Waals surface area contributed by atoms with Gasteiger partial charge in [-0.1, -0.05) is 6.07 Å². The highest BCUT2D eigenvalue weighted by Gasteiger charge is 2.22. The first kappa shape index (κ1) is 14.1. The molecule has 3 N–H and O–H groups in total. The number of benzene rings is 1. The van der Waals surface area contributed by atoms with Crippen molar-refractivity contribution >= 4 is 23.4 Å². The Hall–Kier alpha value is -1.85. The van der Waals surface area contributed by atoms with E-state index < -0.39 is 0 Å². The van der Waals surface area contributed by atoms with Crippen molar-refractivity contribution < 1.29 is 4.79 Å². The van der Waals surface area contributed by atoms with Crippen LogP contribution in [-0.2, 0) is 0 Å². The molecule has 0 unspecified atom stereocenters. The normalized spacial score (nSPS) is 17.1. The predicted molar refractivity (Wildman–Crippen MR) is 85.6 cm³/mol. The molecule has 0 radical (unpaired) electrons. The van der Waals surface area contributed by atoms with E-state index in [9.17, 15) is 4.79 Å². The Bertz CT molecular complexity index is 673. The average molecular weight is 299 g/mol. The maximum Gasteiger partial charge on any atom is 0.255 e. The number of nitrogens with one attached hydrogen (secondary N) is 1. The number of nitrogens with two attached hydrogens (primary N) is 1. The van der Waals surface area contributed by atoms with Gasteiger partial charge in [0, 0.05) is 34.6 Å². The largest absolute Gasteiger partial charge is 0.324 e. The quantitative estimate of drug-likeness (QED) is 0.894. The summed E-state index contributed by atoms with van der Waals surface area (Å²) in [7, 11) is 0. The molecule has 3 rings (SSSR count). The number of hydrogen-bond donors (Lipinski definition) is 2. The van der Waals surface area contributed by atoms with Gasteiger partial charge in [0.15, 0.2) is 0 Å². The lowest BCUT2D eigenvalue weighted by Crippen LogP contribution is -2.19. The van der Waals surface area contributed by atoms with Crippen LogP contribution in [0.1, 0.15) is 33.9 Å². The lowest BCUT2D eigenvalue weighted by atomic mass is 9.98. The van der Waals surface area contributed by atoms with Gasteiger partial charge in [-0.05, 0) is 48.4 Å². The standard InChI is InChI=1S/C16H17N3OS/c1-10-12(16(20)19-11-4-7-18-8-5-11)2-3-13-14(17)6-9-21-15(10)13/h2-5,7-8,14H,6,9,17H2,1H3,(H,18,19,20)/t14-/m0/s1. The molecule has 0 spiro atoms. The smallest absolute Gasteiger partial charge is 0.255 e. The number of nitrogens with zero attached hydrogens (tertiary/aromatic N) is 1. The third-order valence-electron chi connectivity index (χ3n) is 3.69. The van der Waals surface area contributed by atoms with Crippen molar-refractivity contribution in [1.29, 1.82) is 0 Å². The second kappa shape index (κ2) is 5.87. The number of thioether (sulfide) groups is 1. The van der Waals surface area contributed by atoms with Gasteiger partial charge in [-0.2, -0.15) is 0 Å². The Balaban J connectivity index is 1.91. The molecule has 0 bridgehead atoms. The predicted octanol–water partition coefficient (Wildman–Crippen LogP) is 3.14. The number of amides is 1. The zero-order valence-corrected chi connectivity index (χ0v) is 12.6. The second-order valence-electron chi connectivity index (χ2n) is 5.09. The van der Waals surface area contributed by atoms with Crippen LogP contribution < -0.4 is 11.1 Å². The molecule has 21 heavy (non-hydrogen) atoms. The van der Waals surface area contributed by atoms with Crippen LogP contribution in [-0.4, -0.2) is 16.6 Å². The summed E-state index contributed by atoms with van der Waals surface area (Å²) in [6, 6.07) is 7.49. The Morgan fingerprint density at radius 1 is 1.33 bits per heavy atom. The molecular formula is C16H17N3OS. The third-order valence-corrected chi connectivity index (χ3v) is 4.96. The van der Waals surface area contributed by atoms with Crippen LogP contribution in [0, 0.1) is 6.92 Å². The Kier molecular flexibility index (Phi) is 3.94. The molecule has 0 saturated heterocycles. The molecule has 108 valence electrons. The monoisotopic (exact) mass is 299 g/mol. The number of pyridine rings is 1. The van der Waals surface area contributed by atoms with Crippen molar-refractivity contribution in [2.24, 2.45) is 5.73 Å². The average Bonchev–Trinajstić information content (AvgIpc) is 2.49. The number of carbonyl (C=O) groups excluding carboxylic acids is 1. The Labute approximate surface area is 128 Å². The molecule has 1 aliphatic heterocycles. The summed E-state index contributed by atoms with van der Waals surface area (Å²) in [5.41, 5.74) is 9.76. The topological polar surface area (TPSA) is 68.0 Å². The minimum Gasteiger partial charge on any atom is -0.324 e. The maximum atomic E-state index is 12.4. The van der Waals surface area contributed by atoms with Crippen LogP contribution in [0.2, 0.25) is 0 Å². The highest BCUT2D eigenvalue weighted by molar-refractivity contribution is 7.99. The van der Waals surface area contributed by atoms with E-state index in [0.29, 0.717) is 5.56 Å². The van der Waals surface area contributed by atoms with Crippen LogP contribution in [0.3, 0.4) is 0 Å². The molecule has 4 nitrogen and oxygen atoms in total. The van der Waals surface area contributed by atoms with Crippen LogP contribution in [0.5, 0.6) is 0 Å². The van der Waals surface area contributed by atoms with Gasteiger partial charge in [0.1, 0.15) is 0 Å². The number of anilines is 1. The third kappa shape index (κ3) is 2.80. The number of rotatable bonds is 2. The summed E-state index contributed by atoms with van der Waals surface area (Å²) in [4.78, 5) is 17.5. The van der Waals surface area contributed by atoms with E-state index in [1.807, 2.05) is 19.1 Å². The fraction of sp³-hybridized carbons (Fsp3) is 0.250. The van der Waals surface area contributed by atoms with E-state index in [2.05, 4.69) is 10.3 Å². The van der Waals surface area contributed by atoms with Crippen molar-refractivity contribution in [3.63, 3.8) is 0 Å². The van der Waals surface area contributed by atoms with E-state index in [4.69, 9.17) is 5.73 Å². The fourth-order valence-corrected chi connectivity index (χ4v) is 3.81. The lowest BCUT2D eigenvalue weighted by molar-refractivity contribution is 0.102. The first-order valence-corrected chi connectivity index (χ1v) is 7.88. The minimum absolute atomic E-state index is 0.0808. The first-order valence-electron chi connectivity index (χ1n) is 6.90. The summed E-state index contributed by atoms with van der Waals surface area (Å²) in [6.07, 6.45) is 4.30. The zero-order chi connectivity index (χ0) is 14.8. The highest BCUT2D eigenvalue weighted by Crippen LogP contribution is 2.38. The molecule has 1 aromatic heterocycles. The molecule has 0 fully saturated rings. The van der Waals surface area contributed by atoms with Crippen LogP contribution in [0.25, 0.3) is 0 Å². The summed E-state index contributed by atoms with van der Waals surface area (Å²) >= 11 is 1.79. The maximum absolute atomic E-state index is 12.4. The number of carbonyl (C=O) groups is 1. The summed E-state index contributed by atoms with van der Waals surface area (Å²) in [6.45, 7) is 1.99. The van der Waals surface area contributed by atoms with Crippen molar-refractivity contribution in [2.45, 2.75) is 24.3 Å². The number of fused-ring (bicyclic) bond motifs is 1. The van der Waals surface area contributed by atoms with Crippen molar-refractivity contribution in [1.82, 2.24) is 4.98 Å². The van der Waals surface area contributed by atoms with Gasteiger partial charge in [0.05, 0.1) is 0 Å². The van der Waals surface area contributed by atoms with Crippen molar-refractivity contribution in [2.75, 3.05) is 11.1 Å². The fourth-order valence-electron chi connectivity index (χ4n) is 2.52. The van der Waals surface area contributed by atoms with Gasteiger partial charge < -0.3 is 11.1 Å². The van der Waals surface area contributed by atoms with Gasteiger partial charge in [-0.3, -0.25) is 9.78 Å². The Morgan fingerprint density at radius 2 is 2.10 bits per heavy atom. The van der Waals surface area contributed by atoms with E-state index in [0.717, 1.165) is 33.9 Å². The van der Waals surface area contributed by atoms with Gasteiger partial charge in [-0.25, -0.2) is 0 Å². The minimum atomic E-state index is -0.0961. The van der Waals surface area contributed by atoms with Crippen molar-refractivity contribution in [3.8, 4) is 0 Å². The summed E-state index contributed by atoms with van der Waals surface area (Å²) < 4.78 is 0. The molecule has 1 amide bonds. The molecule has 1 atom stereocenters. The Morgan fingerprint density at radius 3 is 2.86 bits per heavy atom. The van der Waals surface area contributed by atoms with E-state index in [1.165, 1.54) is 0 Å². The SMILES string of the molecule is Cc1c(C(=O)Nc2ccncc2)ccc2c1SCC[C@@H]2N. The van der Waals surface area contributed by atoms with Gasteiger partial charge in [0.2, 0.25) is 0 Å². The summed E-state index contributed by atoms with van der Waals surface area (Å²) in [5, 5.41) is 2.90. The molecule has 0 aliphatic carbocycles. The molecule has 2 aromatic rings. The molecule has 5 heteroatoms. The van der Waals surface area contributed by atoms with E-state index >= 15 is 0 Å². The molecule has 1 aliphatic rings. The molecular weight excluding hydrogens is 282 g/mol.